The predicted molar refractivity (Wildman–Crippen MR) is 126 cm³/mol. The van der Waals surface area contributed by atoms with E-state index < -0.39 is 6.30 Å². The molecule has 3 heterocycles. The maximum absolute atomic E-state index is 14.7. The SMILES string of the molecule is NCc1ncccc1CNC(=O)c1ccc(N2C(F)CCC2NCCc2cccc(F)c2)nc1. The highest BCUT2D eigenvalue weighted by atomic mass is 19.1. The van der Waals surface area contributed by atoms with Crippen molar-refractivity contribution < 1.29 is 13.6 Å². The van der Waals surface area contributed by atoms with Crippen LogP contribution in [0.3, 0.4) is 0 Å². The van der Waals surface area contributed by atoms with Gasteiger partial charge >= 0.3 is 0 Å². The number of aromatic nitrogens is 2. The van der Waals surface area contributed by atoms with Gasteiger partial charge in [-0.15, -0.1) is 0 Å². The predicted octanol–water partition coefficient (Wildman–Crippen LogP) is 3.06. The van der Waals surface area contributed by atoms with Crippen LogP contribution in [0.2, 0.25) is 0 Å². The van der Waals surface area contributed by atoms with Crippen LogP contribution in [-0.2, 0) is 19.5 Å². The number of nitrogens with two attached hydrogens (primary N) is 1. The van der Waals surface area contributed by atoms with Gasteiger partial charge in [-0.25, -0.2) is 13.8 Å². The van der Waals surface area contributed by atoms with E-state index in [0.717, 1.165) is 16.8 Å². The molecule has 0 saturated carbocycles. The number of hydrogen-bond acceptors (Lipinski definition) is 6. The van der Waals surface area contributed by atoms with E-state index in [9.17, 15) is 13.6 Å². The van der Waals surface area contributed by atoms with E-state index in [1.54, 1.807) is 35.4 Å². The molecule has 2 atom stereocenters. The van der Waals surface area contributed by atoms with Gasteiger partial charge in [0.15, 0.2) is 6.30 Å². The summed E-state index contributed by atoms with van der Waals surface area (Å²) in [5, 5.41) is 6.19. The van der Waals surface area contributed by atoms with E-state index in [-0.39, 0.29) is 17.9 Å². The van der Waals surface area contributed by atoms with E-state index in [2.05, 4.69) is 20.6 Å². The molecule has 1 amide bonds. The van der Waals surface area contributed by atoms with Crippen LogP contribution in [0.5, 0.6) is 0 Å². The van der Waals surface area contributed by atoms with Crippen LogP contribution in [0, 0.1) is 5.82 Å². The van der Waals surface area contributed by atoms with Gasteiger partial charge in [0.05, 0.1) is 17.4 Å². The number of rotatable bonds is 9. The first-order valence-corrected chi connectivity index (χ1v) is 11.3. The second kappa shape index (κ2) is 11.1. The largest absolute Gasteiger partial charge is 0.348 e. The van der Waals surface area contributed by atoms with Gasteiger partial charge in [0.1, 0.15) is 11.6 Å². The molecule has 178 valence electrons. The number of amides is 1. The molecule has 34 heavy (non-hydrogen) atoms. The number of anilines is 1. The Balaban J connectivity index is 1.35. The fourth-order valence-corrected chi connectivity index (χ4v) is 4.11. The maximum Gasteiger partial charge on any atom is 0.253 e. The Kier molecular flexibility index (Phi) is 7.76. The molecule has 9 heteroatoms. The molecule has 4 N–H and O–H groups in total. The standard InChI is InChI=1S/C25H28F2N6O/c26-20-5-1-3-17(13-20)10-12-30-23-9-7-22(27)33(23)24-8-6-19(16-31-24)25(34)32-15-18-4-2-11-29-21(18)14-28/h1-6,8,11,13,16,22-23,30H,7,9-10,12,14-15,28H2,(H,32,34). The Morgan fingerprint density at radius 2 is 2.03 bits per heavy atom. The molecular formula is C25H28F2N6O. The van der Waals surface area contributed by atoms with E-state index in [0.29, 0.717) is 50.3 Å². The van der Waals surface area contributed by atoms with Gasteiger partial charge < -0.3 is 16.0 Å². The molecule has 1 aromatic carbocycles. The normalized spacial score (nSPS) is 17.7. The zero-order valence-corrected chi connectivity index (χ0v) is 18.8. The summed E-state index contributed by atoms with van der Waals surface area (Å²) >= 11 is 0. The summed E-state index contributed by atoms with van der Waals surface area (Å²) in [6.07, 6.45) is 3.37. The van der Waals surface area contributed by atoms with Crippen molar-refractivity contribution in [1.82, 2.24) is 20.6 Å². The van der Waals surface area contributed by atoms with Gasteiger partial charge in [0.25, 0.3) is 5.91 Å². The van der Waals surface area contributed by atoms with Crippen LogP contribution in [0.15, 0.2) is 60.9 Å². The third kappa shape index (κ3) is 5.73. The number of nitrogens with one attached hydrogen (secondary N) is 2. The number of carbonyl (C=O) groups is 1. The van der Waals surface area contributed by atoms with Crippen molar-refractivity contribution in [3.8, 4) is 0 Å². The van der Waals surface area contributed by atoms with Gasteiger partial charge in [0.2, 0.25) is 0 Å². The zero-order valence-electron chi connectivity index (χ0n) is 18.8. The van der Waals surface area contributed by atoms with Crippen molar-refractivity contribution in [3.63, 3.8) is 0 Å². The fraction of sp³-hybridized carbons (Fsp3) is 0.320. The maximum atomic E-state index is 14.7. The number of halogens is 2. The van der Waals surface area contributed by atoms with Gasteiger partial charge in [-0.1, -0.05) is 18.2 Å². The van der Waals surface area contributed by atoms with E-state index in [4.69, 9.17) is 5.73 Å². The molecule has 4 rings (SSSR count). The lowest BCUT2D eigenvalue weighted by Crippen LogP contribution is -2.45. The molecule has 7 nitrogen and oxygen atoms in total. The highest BCUT2D eigenvalue weighted by Gasteiger charge is 2.34. The first-order chi connectivity index (χ1) is 16.5. The third-order valence-electron chi connectivity index (χ3n) is 5.89. The highest BCUT2D eigenvalue weighted by Crippen LogP contribution is 2.29. The molecule has 0 radical (unpaired) electrons. The average molecular weight is 467 g/mol. The summed E-state index contributed by atoms with van der Waals surface area (Å²) in [4.78, 5) is 22.7. The summed E-state index contributed by atoms with van der Waals surface area (Å²) < 4.78 is 28.0. The van der Waals surface area contributed by atoms with Crippen molar-refractivity contribution in [2.24, 2.45) is 5.73 Å². The lowest BCUT2D eigenvalue weighted by molar-refractivity contribution is 0.0950. The van der Waals surface area contributed by atoms with Crippen LogP contribution in [0.1, 0.15) is 40.0 Å². The Morgan fingerprint density at radius 3 is 2.79 bits per heavy atom. The minimum Gasteiger partial charge on any atom is -0.348 e. The second-order valence-electron chi connectivity index (χ2n) is 8.17. The number of hydrogen-bond donors (Lipinski definition) is 3. The quantitative estimate of drug-likeness (QED) is 0.420. The minimum atomic E-state index is -1.17. The summed E-state index contributed by atoms with van der Waals surface area (Å²) in [6.45, 7) is 1.17. The smallest absolute Gasteiger partial charge is 0.253 e. The van der Waals surface area contributed by atoms with Gasteiger partial charge in [-0.2, -0.15) is 0 Å². The van der Waals surface area contributed by atoms with E-state index >= 15 is 0 Å². The fourth-order valence-electron chi connectivity index (χ4n) is 4.11. The van der Waals surface area contributed by atoms with Crippen molar-refractivity contribution in [3.05, 3.63) is 89.1 Å². The summed E-state index contributed by atoms with van der Waals surface area (Å²) in [5.41, 5.74) is 8.54. The van der Waals surface area contributed by atoms with Crippen molar-refractivity contribution in [1.29, 1.82) is 0 Å². The zero-order chi connectivity index (χ0) is 23.9. The first kappa shape index (κ1) is 23.7. The van der Waals surface area contributed by atoms with Crippen molar-refractivity contribution in [2.75, 3.05) is 11.4 Å². The number of carbonyl (C=O) groups excluding carboxylic acids is 1. The minimum absolute atomic E-state index is 0.226. The molecule has 0 spiro atoms. The monoisotopic (exact) mass is 466 g/mol. The molecule has 2 aromatic heterocycles. The first-order valence-electron chi connectivity index (χ1n) is 11.3. The third-order valence-corrected chi connectivity index (χ3v) is 5.89. The van der Waals surface area contributed by atoms with E-state index in [1.165, 1.54) is 18.3 Å². The molecule has 1 fully saturated rings. The van der Waals surface area contributed by atoms with Crippen LogP contribution in [0.4, 0.5) is 14.6 Å². The number of alkyl halides is 1. The summed E-state index contributed by atoms with van der Waals surface area (Å²) in [5.74, 6) is -0.0891. The molecule has 3 aromatic rings. The van der Waals surface area contributed by atoms with Crippen LogP contribution in [0.25, 0.3) is 0 Å². The average Bonchev–Trinajstić information content (AvgIpc) is 3.23. The molecule has 0 bridgehead atoms. The Labute approximate surface area is 197 Å². The number of benzene rings is 1. The van der Waals surface area contributed by atoms with Crippen molar-refractivity contribution >= 4 is 11.7 Å². The van der Waals surface area contributed by atoms with Gasteiger partial charge in [0, 0.05) is 38.4 Å². The van der Waals surface area contributed by atoms with Crippen LogP contribution in [-0.4, -0.2) is 34.9 Å². The Bertz CT molecular complexity index is 1110. The number of pyridine rings is 2. The lowest BCUT2D eigenvalue weighted by Gasteiger charge is -2.28. The van der Waals surface area contributed by atoms with Gasteiger partial charge in [-0.05, 0) is 54.3 Å². The molecule has 1 aliphatic rings. The van der Waals surface area contributed by atoms with Crippen LogP contribution >= 0.6 is 0 Å². The second-order valence-corrected chi connectivity index (χ2v) is 8.17. The molecule has 2 unspecified atom stereocenters. The van der Waals surface area contributed by atoms with Crippen molar-refractivity contribution in [2.45, 2.75) is 44.8 Å². The number of nitrogens with zero attached hydrogens (tertiary/aromatic N) is 3. The molecule has 1 saturated heterocycles. The summed E-state index contributed by atoms with van der Waals surface area (Å²) in [7, 11) is 0. The van der Waals surface area contributed by atoms with Crippen LogP contribution < -0.4 is 21.3 Å². The topological polar surface area (TPSA) is 96.2 Å². The lowest BCUT2D eigenvalue weighted by atomic mass is 10.1. The molecule has 1 aliphatic heterocycles. The Hall–Kier alpha value is -3.43. The van der Waals surface area contributed by atoms with Gasteiger partial charge in [-0.3, -0.25) is 15.1 Å². The van der Waals surface area contributed by atoms with E-state index in [1.807, 2.05) is 12.1 Å². The molecule has 0 aliphatic carbocycles. The summed E-state index contributed by atoms with van der Waals surface area (Å²) in [6, 6.07) is 13.4. The highest BCUT2D eigenvalue weighted by molar-refractivity contribution is 5.94. The Morgan fingerprint density at radius 1 is 1.15 bits per heavy atom. The molecular weight excluding hydrogens is 438 g/mol.